The van der Waals surface area contributed by atoms with Gasteiger partial charge in [0.15, 0.2) is 0 Å². The van der Waals surface area contributed by atoms with Crippen molar-refractivity contribution in [3.63, 3.8) is 0 Å². The van der Waals surface area contributed by atoms with Gasteiger partial charge in [0.05, 0.1) is 0 Å². The van der Waals surface area contributed by atoms with Crippen LogP contribution in [0.4, 0.5) is 5.69 Å². The maximum absolute atomic E-state index is 12.0. The van der Waals surface area contributed by atoms with Crippen LogP contribution in [-0.4, -0.2) is 29.0 Å². The molecule has 0 saturated heterocycles. The van der Waals surface area contributed by atoms with Crippen LogP contribution in [0.25, 0.3) is 0 Å². The molecule has 1 N–H and O–H groups in total. The van der Waals surface area contributed by atoms with Crippen molar-refractivity contribution in [2.45, 2.75) is 6.42 Å². The van der Waals surface area contributed by atoms with Gasteiger partial charge in [0, 0.05) is 18.3 Å². The highest BCUT2D eigenvalue weighted by Crippen LogP contribution is 2.22. The zero-order valence-corrected chi connectivity index (χ0v) is 13.3. The number of carbonyl (C=O) groups is 3. The Labute approximate surface area is 144 Å². The lowest BCUT2D eigenvalue weighted by molar-refractivity contribution is -0.144. The number of hydrogen-bond acceptors (Lipinski definition) is 4. The molecule has 1 aliphatic rings. The van der Waals surface area contributed by atoms with E-state index in [4.69, 9.17) is 4.74 Å². The Bertz CT molecular complexity index is 813. The molecule has 3 rings (SSSR count). The minimum Gasteiger partial charge on any atom is -0.457 e. The number of anilines is 1. The first-order valence-electron chi connectivity index (χ1n) is 7.75. The number of hydrogen-bond donors (Lipinski definition) is 1. The summed E-state index contributed by atoms with van der Waals surface area (Å²) < 4.78 is 5.67. The quantitative estimate of drug-likeness (QED) is 0.852. The molecule has 0 atom stereocenters. The summed E-state index contributed by atoms with van der Waals surface area (Å²) in [7, 11) is 0. The number of nitrogens with zero attached hydrogens (tertiary/aromatic N) is 1. The molecule has 0 unspecified atom stereocenters. The van der Waals surface area contributed by atoms with Gasteiger partial charge in [0.1, 0.15) is 18.0 Å². The second-order valence-electron chi connectivity index (χ2n) is 5.43. The molecule has 25 heavy (non-hydrogen) atoms. The van der Waals surface area contributed by atoms with E-state index in [1.807, 2.05) is 30.3 Å². The van der Waals surface area contributed by atoms with Crippen molar-refractivity contribution in [1.82, 2.24) is 4.90 Å². The largest absolute Gasteiger partial charge is 0.457 e. The second kappa shape index (κ2) is 7.44. The molecule has 0 radical (unpaired) electrons. The highest BCUT2D eigenvalue weighted by molar-refractivity contribution is 6.37. The molecule has 0 aliphatic carbocycles. The number of rotatable bonds is 5. The predicted octanol–water partition coefficient (Wildman–Crippen LogP) is 2.73. The van der Waals surface area contributed by atoms with E-state index < -0.39 is 11.7 Å². The van der Waals surface area contributed by atoms with E-state index in [-0.39, 0.29) is 18.9 Å². The summed E-state index contributed by atoms with van der Waals surface area (Å²) in [4.78, 5) is 36.1. The molecule has 0 spiro atoms. The molecule has 2 aromatic rings. The Balaban J connectivity index is 1.57. The van der Waals surface area contributed by atoms with Crippen LogP contribution < -0.4 is 10.1 Å². The van der Waals surface area contributed by atoms with Crippen LogP contribution in [0, 0.1) is 0 Å². The van der Waals surface area contributed by atoms with Gasteiger partial charge in [0.2, 0.25) is 11.7 Å². The fourth-order valence-electron chi connectivity index (χ4n) is 2.31. The van der Waals surface area contributed by atoms with E-state index in [9.17, 15) is 14.4 Å². The number of Topliss-reactive ketones (excluding diaryl/α,β-unsaturated/α-hetero) is 1. The molecule has 0 saturated carbocycles. The number of amides is 2. The summed E-state index contributed by atoms with van der Waals surface area (Å²) in [5, 5.41) is 2.68. The summed E-state index contributed by atoms with van der Waals surface area (Å²) >= 11 is 0. The number of para-hydroxylation sites is 1. The van der Waals surface area contributed by atoms with E-state index in [1.165, 1.54) is 6.20 Å². The third kappa shape index (κ3) is 4.32. The maximum Gasteiger partial charge on any atom is 0.294 e. The van der Waals surface area contributed by atoms with Gasteiger partial charge >= 0.3 is 0 Å². The Kier molecular flexibility index (Phi) is 4.89. The average molecular weight is 336 g/mol. The van der Waals surface area contributed by atoms with Gasteiger partial charge in [-0.1, -0.05) is 24.3 Å². The Morgan fingerprint density at radius 3 is 2.40 bits per heavy atom. The Hall–Kier alpha value is -3.41. The van der Waals surface area contributed by atoms with Crippen LogP contribution >= 0.6 is 0 Å². The average Bonchev–Trinajstić information content (AvgIpc) is 2.62. The number of allylic oxidation sites excluding steroid dienone is 1. The van der Waals surface area contributed by atoms with E-state index in [0.717, 1.165) is 10.6 Å². The summed E-state index contributed by atoms with van der Waals surface area (Å²) in [5.74, 6) is -0.199. The van der Waals surface area contributed by atoms with E-state index in [0.29, 0.717) is 11.4 Å². The predicted molar refractivity (Wildman–Crippen MR) is 92.1 cm³/mol. The van der Waals surface area contributed by atoms with Gasteiger partial charge in [-0.2, -0.15) is 0 Å². The standard InChI is InChI=1S/C19H16N2O4/c22-17-7-4-12-21(19(17)24)13-18(23)20-14-8-10-16(11-9-14)25-15-5-2-1-3-6-15/h1-6,8-12H,7,13H2,(H,20,23). The first-order valence-corrected chi connectivity index (χ1v) is 7.75. The third-order valence-electron chi connectivity index (χ3n) is 3.52. The molecule has 0 aromatic heterocycles. The van der Waals surface area contributed by atoms with Gasteiger partial charge in [-0.3, -0.25) is 14.4 Å². The molecule has 0 fully saturated rings. The number of ether oxygens (including phenoxy) is 1. The minimum absolute atomic E-state index is 0.0832. The van der Waals surface area contributed by atoms with Gasteiger partial charge in [-0.05, 0) is 36.4 Å². The lowest BCUT2D eigenvalue weighted by atomic mass is 10.2. The van der Waals surface area contributed by atoms with Crippen molar-refractivity contribution in [2.75, 3.05) is 11.9 Å². The lowest BCUT2D eigenvalue weighted by Crippen LogP contribution is -2.39. The SMILES string of the molecule is O=C(CN1C=CCC(=O)C1=O)Nc1ccc(Oc2ccccc2)cc1. The molecule has 6 nitrogen and oxygen atoms in total. The second-order valence-corrected chi connectivity index (χ2v) is 5.43. The molecular formula is C19H16N2O4. The smallest absolute Gasteiger partial charge is 0.294 e. The van der Waals surface area contributed by atoms with Crippen molar-refractivity contribution in [2.24, 2.45) is 0 Å². The number of carbonyl (C=O) groups excluding carboxylic acids is 3. The third-order valence-corrected chi connectivity index (χ3v) is 3.52. The molecule has 1 heterocycles. The van der Waals surface area contributed by atoms with E-state index >= 15 is 0 Å². The molecule has 2 amide bonds. The normalized spacial score (nSPS) is 13.7. The van der Waals surface area contributed by atoms with Crippen molar-refractivity contribution in [1.29, 1.82) is 0 Å². The van der Waals surface area contributed by atoms with Gasteiger partial charge < -0.3 is 15.0 Å². The van der Waals surface area contributed by atoms with Crippen LogP contribution in [0.15, 0.2) is 66.9 Å². The highest BCUT2D eigenvalue weighted by atomic mass is 16.5. The first kappa shape index (κ1) is 16.4. The molecule has 0 bridgehead atoms. The van der Waals surface area contributed by atoms with Gasteiger partial charge in [-0.25, -0.2) is 0 Å². The monoisotopic (exact) mass is 336 g/mol. The lowest BCUT2D eigenvalue weighted by Gasteiger charge is -2.19. The molecular weight excluding hydrogens is 320 g/mol. The summed E-state index contributed by atoms with van der Waals surface area (Å²) in [6, 6.07) is 16.2. The van der Waals surface area contributed by atoms with E-state index in [2.05, 4.69) is 5.32 Å². The zero-order valence-electron chi connectivity index (χ0n) is 13.3. The van der Waals surface area contributed by atoms with Crippen molar-refractivity contribution >= 4 is 23.3 Å². The van der Waals surface area contributed by atoms with Crippen LogP contribution in [0.5, 0.6) is 11.5 Å². The topological polar surface area (TPSA) is 75.7 Å². The van der Waals surface area contributed by atoms with Crippen LogP contribution in [0.1, 0.15) is 6.42 Å². The van der Waals surface area contributed by atoms with Crippen molar-refractivity contribution < 1.29 is 19.1 Å². The summed E-state index contributed by atoms with van der Waals surface area (Å²) in [6.45, 7) is -0.205. The van der Waals surface area contributed by atoms with Gasteiger partial charge in [-0.15, -0.1) is 0 Å². The highest BCUT2D eigenvalue weighted by Gasteiger charge is 2.24. The maximum atomic E-state index is 12.0. The Morgan fingerprint density at radius 2 is 1.68 bits per heavy atom. The van der Waals surface area contributed by atoms with Crippen molar-refractivity contribution in [3.05, 3.63) is 66.9 Å². The fraction of sp³-hybridized carbons (Fsp3) is 0.105. The number of benzene rings is 2. The van der Waals surface area contributed by atoms with Gasteiger partial charge in [0.25, 0.3) is 5.91 Å². The van der Waals surface area contributed by atoms with Crippen LogP contribution in [-0.2, 0) is 14.4 Å². The minimum atomic E-state index is -0.663. The number of nitrogens with one attached hydrogen (secondary N) is 1. The van der Waals surface area contributed by atoms with Crippen LogP contribution in [0.2, 0.25) is 0 Å². The summed E-state index contributed by atoms with van der Waals surface area (Å²) in [6.07, 6.45) is 3.10. The fourth-order valence-corrected chi connectivity index (χ4v) is 2.31. The molecule has 2 aromatic carbocycles. The molecule has 6 heteroatoms. The molecule has 1 aliphatic heterocycles. The first-order chi connectivity index (χ1) is 12.1. The Morgan fingerprint density at radius 1 is 1.00 bits per heavy atom. The zero-order chi connectivity index (χ0) is 17.6. The summed E-state index contributed by atoms with van der Waals surface area (Å²) in [5.41, 5.74) is 0.574. The van der Waals surface area contributed by atoms with E-state index in [1.54, 1.807) is 30.3 Å². The number of ketones is 1. The molecule has 126 valence electrons. The van der Waals surface area contributed by atoms with Crippen molar-refractivity contribution in [3.8, 4) is 11.5 Å². The van der Waals surface area contributed by atoms with Crippen LogP contribution in [0.3, 0.4) is 0 Å².